The molecule has 0 aromatic heterocycles. The number of aliphatic hydroxyl groups is 2. The summed E-state index contributed by atoms with van der Waals surface area (Å²) in [7, 11) is 0. The fourth-order valence-corrected chi connectivity index (χ4v) is 3.12. The lowest BCUT2D eigenvalue weighted by atomic mass is 9.66. The molecule has 2 aliphatic carbocycles. The van der Waals surface area contributed by atoms with Gasteiger partial charge in [0.25, 0.3) is 0 Å². The number of rotatable bonds is 1. The summed E-state index contributed by atoms with van der Waals surface area (Å²) in [4.78, 5) is 0. The van der Waals surface area contributed by atoms with Crippen molar-refractivity contribution in [2.75, 3.05) is 6.61 Å². The quantitative estimate of drug-likeness (QED) is 0.651. The summed E-state index contributed by atoms with van der Waals surface area (Å²) >= 11 is 0. The Morgan fingerprint density at radius 1 is 1.08 bits per heavy atom. The molecule has 0 heterocycles. The van der Waals surface area contributed by atoms with E-state index in [1.807, 2.05) is 0 Å². The Morgan fingerprint density at radius 2 is 1.77 bits per heavy atom. The van der Waals surface area contributed by atoms with Gasteiger partial charge in [-0.1, -0.05) is 25.7 Å². The third-order valence-electron chi connectivity index (χ3n) is 3.98. The van der Waals surface area contributed by atoms with Gasteiger partial charge in [0.05, 0.1) is 12.2 Å². The van der Waals surface area contributed by atoms with E-state index in [0.717, 1.165) is 25.2 Å². The topological polar surface area (TPSA) is 40.5 Å². The molecule has 0 amide bonds. The first kappa shape index (κ1) is 9.47. The molecule has 0 bridgehead atoms. The molecule has 2 heteroatoms. The van der Waals surface area contributed by atoms with Crippen molar-refractivity contribution in [2.24, 2.45) is 11.8 Å². The molecule has 3 atom stereocenters. The van der Waals surface area contributed by atoms with Gasteiger partial charge in [-0.2, -0.15) is 0 Å². The van der Waals surface area contributed by atoms with Crippen LogP contribution in [-0.2, 0) is 0 Å². The molecule has 0 spiro atoms. The van der Waals surface area contributed by atoms with Crippen LogP contribution in [0.5, 0.6) is 0 Å². The predicted molar refractivity (Wildman–Crippen MR) is 51.3 cm³/mol. The maximum absolute atomic E-state index is 9.97. The Labute approximate surface area is 80.0 Å². The lowest BCUT2D eigenvalue weighted by Gasteiger charge is -2.43. The van der Waals surface area contributed by atoms with Crippen molar-refractivity contribution in [1.82, 2.24) is 0 Å². The SMILES string of the molecule is OC[C@@]1(O)CC[C@H]2CCCC[C@H]2C1. The van der Waals surface area contributed by atoms with E-state index >= 15 is 0 Å². The molecule has 13 heavy (non-hydrogen) atoms. The van der Waals surface area contributed by atoms with Crippen LogP contribution in [0.15, 0.2) is 0 Å². The molecule has 2 fully saturated rings. The maximum Gasteiger partial charge on any atom is 0.0880 e. The van der Waals surface area contributed by atoms with Crippen molar-refractivity contribution in [3.8, 4) is 0 Å². The Bertz CT molecular complexity index is 181. The lowest BCUT2D eigenvalue weighted by molar-refractivity contribution is -0.0782. The smallest absolute Gasteiger partial charge is 0.0880 e. The molecule has 2 saturated carbocycles. The average molecular weight is 184 g/mol. The number of aliphatic hydroxyl groups excluding tert-OH is 1. The fraction of sp³-hybridized carbons (Fsp3) is 1.00. The van der Waals surface area contributed by atoms with Crippen molar-refractivity contribution in [3.63, 3.8) is 0 Å². The van der Waals surface area contributed by atoms with Crippen molar-refractivity contribution in [2.45, 2.75) is 50.5 Å². The molecule has 0 aromatic rings. The zero-order valence-electron chi connectivity index (χ0n) is 8.21. The van der Waals surface area contributed by atoms with Gasteiger partial charge in [-0.3, -0.25) is 0 Å². The maximum atomic E-state index is 9.97. The molecule has 0 radical (unpaired) electrons. The van der Waals surface area contributed by atoms with E-state index in [4.69, 9.17) is 5.11 Å². The Morgan fingerprint density at radius 3 is 2.46 bits per heavy atom. The minimum absolute atomic E-state index is 0.0454. The van der Waals surface area contributed by atoms with Crippen molar-refractivity contribution >= 4 is 0 Å². The monoisotopic (exact) mass is 184 g/mol. The van der Waals surface area contributed by atoms with Crippen LogP contribution in [0.4, 0.5) is 0 Å². The molecule has 2 aliphatic rings. The Hall–Kier alpha value is -0.0800. The van der Waals surface area contributed by atoms with Crippen LogP contribution in [0.25, 0.3) is 0 Å². The zero-order valence-corrected chi connectivity index (χ0v) is 8.21. The first-order chi connectivity index (χ1) is 6.23. The van der Waals surface area contributed by atoms with Crippen LogP contribution in [0.3, 0.4) is 0 Å². The van der Waals surface area contributed by atoms with E-state index in [1.165, 1.54) is 25.7 Å². The van der Waals surface area contributed by atoms with Gasteiger partial charge in [-0.25, -0.2) is 0 Å². The van der Waals surface area contributed by atoms with E-state index in [0.29, 0.717) is 5.92 Å². The molecule has 76 valence electrons. The highest BCUT2D eigenvalue weighted by atomic mass is 16.3. The van der Waals surface area contributed by atoms with E-state index in [1.54, 1.807) is 0 Å². The van der Waals surface area contributed by atoms with E-state index < -0.39 is 5.60 Å². The van der Waals surface area contributed by atoms with Gasteiger partial charge in [0.15, 0.2) is 0 Å². The normalized spacial score (nSPS) is 45.7. The van der Waals surface area contributed by atoms with Crippen LogP contribution < -0.4 is 0 Å². The zero-order chi connectivity index (χ0) is 9.31. The summed E-state index contributed by atoms with van der Waals surface area (Å²) in [6.07, 6.45) is 8.10. The summed E-state index contributed by atoms with van der Waals surface area (Å²) in [5.74, 6) is 1.54. The highest BCUT2D eigenvalue weighted by Gasteiger charge is 2.39. The van der Waals surface area contributed by atoms with Gasteiger partial charge in [0.1, 0.15) is 0 Å². The summed E-state index contributed by atoms with van der Waals surface area (Å²) in [6, 6.07) is 0. The second-order valence-corrected chi connectivity index (χ2v) is 4.93. The largest absolute Gasteiger partial charge is 0.393 e. The summed E-state index contributed by atoms with van der Waals surface area (Å²) in [5.41, 5.74) is -0.738. The highest BCUT2D eigenvalue weighted by Crippen LogP contribution is 2.43. The molecule has 0 unspecified atom stereocenters. The number of hydrogen-bond donors (Lipinski definition) is 2. The van der Waals surface area contributed by atoms with Gasteiger partial charge in [0.2, 0.25) is 0 Å². The van der Waals surface area contributed by atoms with Crippen LogP contribution in [0, 0.1) is 11.8 Å². The van der Waals surface area contributed by atoms with Crippen molar-refractivity contribution in [1.29, 1.82) is 0 Å². The summed E-state index contributed by atoms with van der Waals surface area (Å²) < 4.78 is 0. The van der Waals surface area contributed by atoms with Crippen molar-refractivity contribution < 1.29 is 10.2 Å². The van der Waals surface area contributed by atoms with E-state index in [-0.39, 0.29) is 6.61 Å². The standard InChI is InChI=1S/C11H20O2/c12-8-11(13)6-5-9-3-1-2-4-10(9)7-11/h9-10,12-13H,1-8H2/t9-,10+,11-/m1/s1. The minimum Gasteiger partial charge on any atom is -0.393 e. The van der Waals surface area contributed by atoms with Gasteiger partial charge in [0, 0.05) is 0 Å². The lowest BCUT2D eigenvalue weighted by Crippen LogP contribution is -2.43. The number of fused-ring (bicyclic) bond motifs is 1. The molecule has 0 aromatic carbocycles. The molecule has 2 N–H and O–H groups in total. The molecule has 0 saturated heterocycles. The third-order valence-corrected chi connectivity index (χ3v) is 3.98. The molecule has 2 nitrogen and oxygen atoms in total. The van der Waals surface area contributed by atoms with E-state index in [9.17, 15) is 5.11 Å². The molecular formula is C11H20O2. The first-order valence-electron chi connectivity index (χ1n) is 5.57. The van der Waals surface area contributed by atoms with Crippen LogP contribution in [0.2, 0.25) is 0 Å². The van der Waals surface area contributed by atoms with Crippen LogP contribution >= 0.6 is 0 Å². The van der Waals surface area contributed by atoms with Gasteiger partial charge in [-0.15, -0.1) is 0 Å². The minimum atomic E-state index is -0.738. The predicted octanol–water partition coefficient (Wildman–Crippen LogP) is 1.70. The van der Waals surface area contributed by atoms with Crippen LogP contribution in [-0.4, -0.2) is 22.4 Å². The van der Waals surface area contributed by atoms with Crippen molar-refractivity contribution in [3.05, 3.63) is 0 Å². The molecular weight excluding hydrogens is 164 g/mol. The van der Waals surface area contributed by atoms with Gasteiger partial charge >= 0.3 is 0 Å². The fourth-order valence-electron chi connectivity index (χ4n) is 3.12. The van der Waals surface area contributed by atoms with E-state index in [2.05, 4.69) is 0 Å². The van der Waals surface area contributed by atoms with Crippen LogP contribution in [0.1, 0.15) is 44.9 Å². The average Bonchev–Trinajstić information content (AvgIpc) is 2.18. The first-order valence-corrected chi connectivity index (χ1v) is 5.57. The second-order valence-electron chi connectivity index (χ2n) is 4.93. The third kappa shape index (κ3) is 1.89. The highest BCUT2D eigenvalue weighted by molar-refractivity contribution is 4.91. The Balaban J connectivity index is 1.98. The Kier molecular flexibility index (Phi) is 2.61. The second kappa shape index (κ2) is 3.58. The van der Waals surface area contributed by atoms with Gasteiger partial charge in [-0.05, 0) is 31.1 Å². The summed E-state index contributed by atoms with van der Waals surface area (Å²) in [5, 5.41) is 19.1. The van der Waals surface area contributed by atoms with Gasteiger partial charge < -0.3 is 10.2 Å². The number of hydrogen-bond acceptors (Lipinski definition) is 2. The summed E-state index contributed by atoms with van der Waals surface area (Å²) in [6.45, 7) is -0.0454. The molecule has 0 aliphatic heterocycles. The molecule has 2 rings (SSSR count).